The lowest BCUT2D eigenvalue weighted by Crippen LogP contribution is -2.33. The lowest BCUT2D eigenvalue weighted by molar-refractivity contribution is 0.183. The first kappa shape index (κ1) is 15.8. The molecule has 19 heavy (non-hydrogen) atoms. The van der Waals surface area contributed by atoms with Crippen molar-refractivity contribution in [3.05, 3.63) is 29.8 Å². The minimum Gasteiger partial charge on any atom is -0.492 e. The van der Waals surface area contributed by atoms with E-state index in [4.69, 9.17) is 9.94 Å². The predicted molar refractivity (Wildman–Crippen MR) is 78.9 cm³/mol. The Hall–Kier alpha value is -1.26. The fourth-order valence-electron chi connectivity index (χ4n) is 2.19. The Morgan fingerprint density at radius 3 is 2.47 bits per heavy atom. The van der Waals surface area contributed by atoms with Gasteiger partial charge < -0.3 is 9.94 Å². The van der Waals surface area contributed by atoms with E-state index in [2.05, 4.69) is 10.1 Å². The molecular weight excluding hydrogens is 264 g/mol. The minimum atomic E-state index is 0. The summed E-state index contributed by atoms with van der Waals surface area (Å²) in [6.07, 6.45) is 5.40. The fourth-order valence-corrected chi connectivity index (χ4v) is 2.19. The van der Waals surface area contributed by atoms with Gasteiger partial charge in [0, 0.05) is 6.54 Å². The highest BCUT2D eigenvalue weighted by Crippen LogP contribution is 2.12. The third-order valence-electron chi connectivity index (χ3n) is 3.21. The number of rotatable bonds is 5. The zero-order chi connectivity index (χ0) is 12.6. The van der Waals surface area contributed by atoms with Crippen LogP contribution in [0.25, 0.3) is 0 Å². The number of ether oxygens (including phenoxy) is 1. The van der Waals surface area contributed by atoms with Crippen LogP contribution < -0.4 is 4.74 Å². The van der Waals surface area contributed by atoms with Crippen LogP contribution in [0.5, 0.6) is 5.75 Å². The van der Waals surface area contributed by atoms with Gasteiger partial charge in [-0.2, -0.15) is 0 Å². The van der Waals surface area contributed by atoms with Crippen LogP contribution in [-0.4, -0.2) is 42.6 Å². The van der Waals surface area contributed by atoms with Crippen LogP contribution in [0.3, 0.4) is 0 Å². The summed E-state index contributed by atoms with van der Waals surface area (Å²) in [6, 6.07) is 7.53. The van der Waals surface area contributed by atoms with Crippen molar-refractivity contribution >= 4 is 18.6 Å². The van der Waals surface area contributed by atoms with Crippen molar-refractivity contribution in [2.24, 2.45) is 5.16 Å². The molecule has 1 aliphatic heterocycles. The molecule has 0 spiro atoms. The number of oxime groups is 1. The third-order valence-corrected chi connectivity index (χ3v) is 3.21. The topological polar surface area (TPSA) is 45.1 Å². The maximum Gasteiger partial charge on any atom is 0.119 e. The molecule has 1 aromatic carbocycles. The van der Waals surface area contributed by atoms with Crippen LogP contribution in [0.2, 0.25) is 0 Å². The van der Waals surface area contributed by atoms with Crippen LogP contribution >= 0.6 is 12.4 Å². The van der Waals surface area contributed by atoms with Crippen LogP contribution in [0.15, 0.2) is 29.4 Å². The van der Waals surface area contributed by atoms with E-state index < -0.39 is 0 Å². The SMILES string of the molecule is Cl.O/N=C\c1ccc(OCCN2CCCCC2)cc1. The summed E-state index contributed by atoms with van der Waals surface area (Å²) in [6.45, 7) is 4.14. The second-order valence-corrected chi connectivity index (χ2v) is 4.56. The molecule has 0 amide bonds. The molecule has 0 aromatic heterocycles. The normalized spacial score (nSPS) is 16.2. The first-order valence-corrected chi connectivity index (χ1v) is 6.51. The second kappa shape index (κ2) is 8.77. The number of benzene rings is 1. The van der Waals surface area contributed by atoms with Gasteiger partial charge in [-0.3, -0.25) is 4.90 Å². The maximum atomic E-state index is 8.41. The molecule has 0 atom stereocenters. The Morgan fingerprint density at radius 2 is 1.84 bits per heavy atom. The highest BCUT2D eigenvalue weighted by molar-refractivity contribution is 5.85. The van der Waals surface area contributed by atoms with Crippen LogP contribution in [0, 0.1) is 0 Å². The number of halogens is 1. The van der Waals surface area contributed by atoms with Gasteiger partial charge in [-0.25, -0.2) is 0 Å². The lowest BCUT2D eigenvalue weighted by Gasteiger charge is -2.26. The molecule has 1 fully saturated rings. The second-order valence-electron chi connectivity index (χ2n) is 4.56. The van der Waals surface area contributed by atoms with E-state index in [1.807, 2.05) is 24.3 Å². The van der Waals surface area contributed by atoms with E-state index >= 15 is 0 Å². The molecule has 0 saturated carbocycles. The third kappa shape index (κ3) is 5.49. The van der Waals surface area contributed by atoms with Gasteiger partial charge in [0.2, 0.25) is 0 Å². The van der Waals surface area contributed by atoms with Gasteiger partial charge in [0.25, 0.3) is 0 Å². The maximum absolute atomic E-state index is 8.41. The zero-order valence-corrected chi connectivity index (χ0v) is 11.8. The van der Waals surface area contributed by atoms with Gasteiger partial charge in [-0.1, -0.05) is 11.6 Å². The van der Waals surface area contributed by atoms with Gasteiger partial charge in [0.15, 0.2) is 0 Å². The smallest absolute Gasteiger partial charge is 0.119 e. The first-order chi connectivity index (χ1) is 8.88. The van der Waals surface area contributed by atoms with Gasteiger partial charge in [0.1, 0.15) is 12.4 Å². The number of nitrogens with zero attached hydrogens (tertiary/aromatic N) is 2. The van der Waals surface area contributed by atoms with Crippen LogP contribution in [-0.2, 0) is 0 Å². The molecule has 0 radical (unpaired) electrons. The average Bonchev–Trinajstić information content (AvgIpc) is 2.42. The Balaban J connectivity index is 0.00000180. The number of hydrogen-bond donors (Lipinski definition) is 1. The fraction of sp³-hybridized carbons (Fsp3) is 0.500. The summed E-state index contributed by atoms with van der Waals surface area (Å²) in [7, 11) is 0. The van der Waals surface area contributed by atoms with E-state index in [9.17, 15) is 0 Å². The van der Waals surface area contributed by atoms with Crippen LogP contribution in [0.4, 0.5) is 0 Å². The van der Waals surface area contributed by atoms with E-state index in [0.29, 0.717) is 0 Å². The van der Waals surface area contributed by atoms with Gasteiger partial charge in [-0.15, -0.1) is 12.4 Å². The van der Waals surface area contributed by atoms with E-state index in [1.165, 1.54) is 38.6 Å². The van der Waals surface area contributed by atoms with Crippen molar-refractivity contribution in [3.63, 3.8) is 0 Å². The molecular formula is C14H21ClN2O2. The van der Waals surface area contributed by atoms with E-state index in [-0.39, 0.29) is 12.4 Å². The summed E-state index contributed by atoms with van der Waals surface area (Å²) in [5.74, 6) is 0.863. The summed E-state index contributed by atoms with van der Waals surface area (Å²) < 4.78 is 5.69. The largest absolute Gasteiger partial charge is 0.492 e. The zero-order valence-electron chi connectivity index (χ0n) is 11.0. The van der Waals surface area contributed by atoms with Crippen LogP contribution in [0.1, 0.15) is 24.8 Å². The lowest BCUT2D eigenvalue weighted by atomic mass is 10.1. The molecule has 1 heterocycles. The molecule has 1 saturated heterocycles. The molecule has 0 aliphatic carbocycles. The predicted octanol–water partition coefficient (Wildman–Crippen LogP) is 2.78. The standard InChI is InChI=1S/C14H20N2O2.ClH/c17-15-12-13-4-6-14(7-5-13)18-11-10-16-8-2-1-3-9-16;/h4-7,12,17H,1-3,8-11H2;1H/b15-12-;. The van der Waals surface area contributed by atoms with Gasteiger partial charge in [-0.05, 0) is 55.8 Å². The van der Waals surface area contributed by atoms with Crippen molar-refractivity contribution in [3.8, 4) is 5.75 Å². The summed E-state index contributed by atoms with van der Waals surface area (Å²) in [5.41, 5.74) is 0.862. The Labute approximate surface area is 120 Å². The average molecular weight is 285 g/mol. The molecule has 1 aromatic rings. The molecule has 1 N–H and O–H groups in total. The highest BCUT2D eigenvalue weighted by Gasteiger charge is 2.09. The monoisotopic (exact) mass is 284 g/mol. The van der Waals surface area contributed by atoms with E-state index in [1.54, 1.807) is 0 Å². The van der Waals surface area contributed by atoms with Crippen molar-refractivity contribution in [1.29, 1.82) is 0 Å². The molecule has 2 rings (SSSR count). The van der Waals surface area contributed by atoms with E-state index in [0.717, 1.165) is 24.5 Å². The molecule has 4 nitrogen and oxygen atoms in total. The Bertz CT molecular complexity index is 376. The summed E-state index contributed by atoms with van der Waals surface area (Å²) in [4.78, 5) is 2.45. The molecule has 5 heteroatoms. The summed E-state index contributed by atoms with van der Waals surface area (Å²) >= 11 is 0. The molecule has 106 valence electrons. The van der Waals surface area contributed by atoms with Gasteiger partial charge in [0.05, 0.1) is 6.21 Å². The van der Waals surface area contributed by atoms with Crippen molar-refractivity contribution < 1.29 is 9.94 Å². The Morgan fingerprint density at radius 1 is 1.16 bits per heavy atom. The van der Waals surface area contributed by atoms with Crippen molar-refractivity contribution in [1.82, 2.24) is 4.90 Å². The number of hydrogen-bond acceptors (Lipinski definition) is 4. The molecule has 0 bridgehead atoms. The van der Waals surface area contributed by atoms with Crippen molar-refractivity contribution in [2.75, 3.05) is 26.2 Å². The number of piperidine rings is 1. The molecule has 0 unspecified atom stereocenters. The first-order valence-electron chi connectivity index (χ1n) is 6.51. The Kier molecular flexibility index (Phi) is 7.30. The van der Waals surface area contributed by atoms with Crippen molar-refractivity contribution in [2.45, 2.75) is 19.3 Å². The molecule has 1 aliphatic rings. The minimum absolute atomic E-state index is 0. The summed E-state index contributed by atoms with van der Waals surface area (Å²) in [5, 5.41) is 11.4. The number of likely N-dealkylation sites (tertiary alicyclic amines) is 1. The van der Waals surface area contributed by atoms with Gasteiger partial charge >= 0.3 is 0 Å². The highest BCUT2D eigenvalue weighted by atomic mass is 35.5. The quantitative estimate of drug-likeness (QED) is 0.514.